The Morgan fingerprint density at radius 2 is 1.84 bits per heavy atom. The van der Waals surface area contributed by atoms with Crippen molar-refractivity contribution in [3.8, 4) is 0 Å². The van der Waals surface area contributed by atoms with E-state index in [2.05, 4.69) is 39.2 Å². The summed E-state index contributed by atoms with van der Waals surface area (Å²) in [5.41, 5.74) is 3.63. The van der Waals surface area contributed by atoms with Crippen molar-refractivity contribution in [1.29, 1.82) is 0 Å². The first-order valence-corrected chi connectivity index (χ1v) is 8.43. The van der Waals surface area contributed by atoms with Crippen LogP contribution in [-0.2, 0) is 17.7 Å². The molecule has 1 amide bonds. The largest absolute Gasteiger partial charge is 0.465 e. The SMILES string of the molecule is COC(=O)c1cccc(C(=O)NCCN2CCc3ccccc3C2)c1. The predicted molar refractivity (Wildman–Crippen MR) is 95.5 cm³/mol. The van der Waals surface area contributed by atoms with E-state index in [4.69, 9.17) is 0 Å². The number of nitrogens with one attached hydrogen (secondary N) is 1. The minimum atomic E-state index is -0.443. The summed E-state index contributed by atoms with van der Waals surface area (Å²) in [5.74, 6) is -0.621. The van der Waals surface area contributed by atoms with E-state index >= 15 is 0 Å². The van der Waals surface area contributed by atoms with Crippen LogP contribution in [0.5, 0.6) is 0 Å². The summed E-state index contributed by atoms with van der Waals surface area (Å²) in [5, 5.41) is 2.92. The number of fused-ring (bicyclic) bond motifs is 1. The van der Waals surface area contributed by atoms with Crippen LogP contribution in [-0.4, -0.2) is 43.5 Å². The number of hydrogen-bond donors (Lipinski definition) is 1. The molecule has 0 saturated carbocycles. The van der Waals surface area contributed by atoms with Gasteiger partial charge in [-0.25, -0.2) is 4.79 Å². The van der Waals surface area contributed by atoms with E-state index < -0.39 is 5.97 Å². The third-order valence-corrected chi connectivity index (χ3v) is 4.47. The second-order valence-corrected chi connectivity index (χ2v) is 6.12. The lowest BCUT2D eigenvalue weighted by Gasteiger charge is -2.28. The number of carbonyl (C=O) groups excluding carboxylic acids is 2. The van der Waals surface area contributed by atoms with Crippen LogP contribution in [0.2, 0.25) is 0 Å². The molecule has 1 heterocycles. The van der Waals surface area contributed by atoms with Gasteiger partial charge in [-0.05, 0) is 35.7 Å². The molecule has 25 heavy (non-hydrogen) atoms. The van der Waals surface area contributed by atoms with Crippen molar-refractivity contribution in [3.63, 3.8) is 0 Å². The maximum absolute atomic E-state index is 12.3. The molecule has 0 aliphatic carbocycles. The van der Waals surface area contributed by atoms with Gasteiger partial charge in [0.1, 0.15) is 0 Å². The van der Waals surface area contributed by atoms with Gasteiger partial charge in [-0.3, -0.25) is 9.69 Å². The molecule has 0 fully saturated rings. The van der Waals surface area contributed by atoms with Gasteiger partial charge in [0.2, 0.25) is 0 Å². The lowest BCUT2D eigenvalue weighted by atomic mass is 10.00. The average Bonchev–Trinajstić information content (AvgIpc) is 2.67. The van der Waals surface area contributed by atoms with Crippen LogP contribution in [0, 0.1) is 0 Å². The molecule has 5 heteroatoms. The van der Waals surface area contributed by atoms with Crippen molar-refractivity contribution in [2.24, 2.45) is 0 Å². The predicted octanol–water partition coefficient (Wildman–Crippen LogP) is 2.26. The smallest absolute Gasteiger partial charge is 0.337 e. The Morgan fingerprint density at radius 3 is 2.64 bits per heavy atom. The number of ether oxygens (including phenoxy) is 1. The fraction of sp³-hybridized carbons (Fsp3) is 0.300. The first-order chi connectivity index (χ1) is 12.2. The normalized spacial score (nSPS) is 13.8. The maximum Gasteiger partial charge on any atom is 0.337 e. The molecular formula is C20H22N2O3. The van der Waals surface area contributed by atoms with E-state index in [1.165, 1.54) is 18.2 Å². The van der Waals surface area contributed by atoms with Crippen LogP contribution in [0.15, 0.2) is 48.5 Å². The molecule has 2 aromatic carbocycles. The fourth-order valence-corrected chi connectivity index (χ4v) is 3.08. The Bertz CT molecular complexity index is 773. The maximum atomic E-state index is 12.3. The van der Waals surface area contributed by atoms with Crippen LogP contribution in [0.1, 0.15) is 31.8 Å². The number of esters is 1. The zero-order chi connectivity index (χ0) is 17.6. The number of hydrogen-bond acceptors (Lipinski definition) is 4. The first-order valence-electron chi connectivity index (χ1n) is 8.43. The van der Waals surface area contributed by atoms with Crippen molar-refractivity contribution in [3.05, 3.63) is 70.8 Å². The lowest BCUT2D eigenvalue weighted by Crippen LogP contribution is -2.37. The lowest BCUT2D eigenvalue weighted by molar-refractivity contribution is 0.0600. The van der Waals surface area contributed by atoms with Gasteiger partial charge in [-0.1, -0.05) is 30.3 Å². The van der Waals surface area contributed by atoms with E-state index in [1.54, 1.807) is 24.3 Å². The molecule has 0 unspecified atom stereocenters. The Kier molecular flexibility index (Phi) is 5.46. The fourth-order valence-electron chi connectivity index (χ4n) is 3.08. The highest BCUT2D eigenvalue weighted by Crippen LogP contribution is 2.17. The van der Waals surface area contributed by atoms with Gasteiger partial charge in [-0.15, -0.1) is 0 Å². The van der Waals surface area contributed by atoms with E-state index in [9.17, 15) is 9.59 Å². The van der Waals surface area contributed by atoms with Crippen molar-refractivity contribution < 1.29 is 14.3 Å². The third-order valence-electron chi connectivity index (χ3n) is 4.47. The summed E-state index contributed by atoms with van der Waals surface area (Å²) in [6.45, 7) is 3.30. The van der Waals surface area contributed by atoms with Crippen molar-refractivity contribution in [2.75, 3.05) is 26.7 Å². The van der Waals surface area contributed by atoms with Crippen LogP contribution < -0.4 is 5.32 Å². The Morgan fingerprint density at radius 1 is 1.08 bits per heavy atom. The highest BCUT2D eigenvalue weighted by atomic mass is 16.5. The molecule has 5 nitrogen and oxygen atoms in total. The van der Waals surface area contributed by atoms with E-state index in [0.717, 1.165) is 26.1 Å². The van der Waals surface area contributed by atoms with Gasteiger partial charge in [0.05, 0.1) is 12.7 Å². The summed E-state index contributed by atoms with van der Waals surface area (Å²) < 4.78 is 4.68. The zero-order valence-electron chi connectivity index (χ0n) is 14.3. The molecule has 1 aliphatic rings. The number of amides is 1. The first kappa shape index (κ1) is 17.2. The Balaban J connectivity index is 1.51. The van der Waals surface area contributed by atoms with Crippen molar-refractivity contribution in [2.45, 2.75) is 13.0 Å². The molecule has 0 aromatic heterocycles. The number of carbonyl (C=O) groups is 2. The molecule has 0 spiro atoms. The van der Waals surface area contributed by atoms with Crippen molar-refractivity contribution >= 4 is 11.9 Å². The zero-order valence-corrected chi connectivity index (χ0v) is 14.3. The number of methoxy groups -OCH3 is 1. The van der Waals surface area contributed by atoms with E-state index in [-0.39, 0.29) is 5.91 Å². The van der Waals surface area contributed by atoms with Crippen LogP contribution in [0.4, 0.5) is 0 Å². The van der Waals surface area contributed by atoms with Gasteiger partial charge in [-0.2, -0.15) is 0 Å². The van der Waals surface area contributed by atoms with Crippen molar-refractivity contribution in [1.82, 2.24) is 10.2 Å². The number of nitrogens with zero attached hydrogens (tertiary/aromatic N) is 1. The molecule has 1 N–H and O–H groups in total. The van der Waals surface area contributed by atoms with Gasteiger partial charge >= 0.3 is 5.97 Å². The summed E-state index contributed by atoms with van der Waals surface area (Å²) >= 11 is 0. The molecule has 0 bridgehead atoms. The summed E-state index contributed by atoms with van der Waals surface area (Å²) in [6, 6.07) is 15.1. The molecule has 0 atom stereocenters. The van der Waals surface area contributed by atoms with Gasteiger partial charge in [0.15, 0.2) is 0 Å². The molecule has 1 aliphatic heterocycles. The highest BCUT2D eigenvalue weighted by molar-refractivity contribution is 5.97. The van der Waals surface area contributed by atoms with Crippen LogP contribution in [0.25, 0.3) is 0 Å². The standard InChI is InChI=1S/C20H22N2O3/c1-25-20(24)17-8-4-7-16(13-17)19(23)21-10-12-22-11-9-15-5-2-3-6-18(15)14-22/h2-8,13H,9-12,14H2,1H3,(H,21,23). The second kappa shape index (κ2) is 7.94. The molecule has 2 aromatic rings. The second-order valence-electron chi connectivity index (χ2n) is 6.12. The van der Waals surface area contributed by atoms with Gasteiger partial charge in [0.25, 0.3) is 5.91 Å². The molecule has 3 rings (SSSR count). The summed E-state index contributed by atoms with van der Waals surface area (Å²) in [7, 11) is 1.33. The van der Waals surface area contributed by atoms with E-state index in [1.807, 2.05) is 0 Å². The molecule has 130 valence electrons. The Labute approximate surface area is 147 Å². The number of rotatable bonds is 5. The number of benzene rings is 2. The average molecular weight is 338 g/mol. The quantitative estimate of drug-likeness (QED) is 0.850. The minimum absolute atomic E-state index is 0.178. The van der Waals surface area contributed by atoms with Gasteiger partial charge in [0, 0.05) is 31.7 Å². The summed E-state index contributed by atoms with van der Waals surface area (Å²) in [4.78, 5) is 26.2. The van der Waals surface area contributed by atoms with Gasteiger partial charge < -0.3 is 10.1 Å². The highest BCUT2D eigenvalue weighted by Gasteiger charge is 2.16. The minimum Gasteiger partial charge on any atom is -0.465 e. The molecule has 0 radical (unpaired) electrons. The van der Waals surface area contributed by atoms with E-state index in [0.29, 0.717) is 17.7 Å². The summed E-state index contributed by atoms with van der Waals surface area (Å²) in [6.07, 6.45) is 1.05. The Hall–Kier alpha value is -2.66. The molecular weight excluding hydrogens is 316 g/mol. The topological polar surface area (TPSA) is 58.6 Å². The van der Waals surface area contributed by atoms with Crippen LogP contribution in [0.3, 0.4) is 0 Å². The molecule has 0 saturated heterocycles. The van der Waals surface area contributed by atoms with Crippen LogP contribution >= 0.6 is 0 Å². The third kappa shape index (κ3) is 4.25. The monoisotopic (exact) mass is 338 g/mol.